The Morgan fingerprint density at radius 2 is 1.89 bits per heavy atom. The molecule has 3 nitrogen and oxygen atoms in total. The van der Waals surface area contributed by atoms with E-state index in [9.17, 15) is 13.6 Å². The zero-order valence-corrected chi connectivity index (χ0v) is 10.7. The molecule has 0 aliphatic heterocycles. The number of benzene rings is 1. The fraction of sp³-hybridized carbons (Fsp3) is 0.500. The van der Waals surface area contributed by atoms with Gasteiger partial charge in [0, 0.05) is 17.8 Å². The van der Waals surface area contributed by atoms with Crippen LogP contribution in [0, 0.1) is 17.6 Å². The van der Waals surface area contributed by atoms with Crippen LogP contribution >= 0.6 is 0 Å². The molecule has 104 valence electrons. The molecule has 1 saturated carbocycles. The smallest absolute Gasteiger partial charge is 0.229 e. The van der Waals surface area contributed by atoms with Crippen LogP contribution in [0.2, 0.25) is 0 Å². The highest BCUT2D eigenvalue weighted by molar-refractivity contribution is 5.93. The molecular formula is C14H18F2N2O. The largest absolute Gasteiger partial charge is 0.327 e. The van der Waals surface area contributed by atoms with E-state index >= 15 is 0 Å². The third kappa shape index (κ3) is 3.50. The Labute approximate surface area is 111 Å². The van der Waals surface area contributed by atoms with Gasteiger partial charge in [0.2, 0.25) is 5.91 Å². The van der Waals surface area contributed by atoms with E-state index in [1.807, 2.05) is 0 Å². The number of rotatable bonds is 2. The molecule has 1 amide bonds. The molecule has 2 atom stereocenters. The summed E-state index contributed by atoms with van der Waals surface area (Å²) in [5.41, 5.74) is 6.26. The fourth-order valence-corrected chi connectivity index (χ4v) is 2.47. The maximum Gasteiger partial charge on any atom is 0.229 e. The molecule has 0 aromatic heterocycles. The molecule has 0 bridgehead atoms. The number of carbonyl (C=O) groups excluding carboxylic acids is 1. The Morgan fingerprint density at radius 1 is 1.16 bits per heavy atom. The van der Waals surface area contributed by atoms with Gasteiger partial charge in [0.05, 0.1) is 5.92 Å². The van der Waals surface area contributed by atoms with Crippen molar-refractivity contribution in [3.63, 3.8) is 0 Å². The fourth-order valence-electron chi connectivity index (χ4n) is 2.47. The van der Waals surface area contributed by atoms with Crippen molar-refractivity contribution in [2.75, 3.05) is 5.32 Å². The molecule has 0 heterocycles. The first-order valence-electron chi connectivity index (χ1n) is 6.59. The van der Waals surface area contributed by atoms with Crippen molar-refractivity contribution in [2.45, 2.75) is 38.1 Å². The monoisotopic (exact) mass is 268 g/mol. The van der Waals surface area contributed by atoms with Gasteiger partial charge in [-0.25, -0.2) is 8.78 Å². The molecule has 19 heavy (non-hydrogen) atoms. The first-order chi connectivity index (χ1) is 9.08. The molecule has 1 fully saturated rings. The Kier molecular flexibility index (Phi) is 4.47. The van der Waals surface area contributed by atoms with E-state index < -0.39 is 11.6 Å². The van der Waals surface area contributed by atoms with E-state index in [-0.39, 0.29) is 23.6 Å². The van der Waals surface area contributed by atoms with Gasteiger partial charge in [0.15, 0.2) is 11.6 Å². The highest BCUT2D eigenvalue weighted by Crippen LogP contribution is 2.24. The third-order valence-corrected chi connectivity index (χ3v) is 3.59. The lowest BCUT2D eigenvalue weighted by atomic mass is 9.94. The van der Waals surface area contributed by atoms with Crippen LogP contribution in [-0.4, -0.2) is 11.9 Å². The van der Waals surface area contributed by atoms with Gasteiger partial charge in [0.1, 0.15) is 0 Å². The molecule has 0 saturated heterocycles. The molecule has 1 aliphatic rings. The number of halogens is 2. The molecule has 5 heteroatoms. The Bertz CT molecular complexity index is 465. The van der Waals surface area contributed by atoms with Crippen LogP contribution in [0.15, 0.2) is 18.2 Å². The molecule has 1 aromatic carbocycles. The minimum atomic E-state index is -0.969. The van der Waals surface area contributed by atoms with Crippen molar-refractivity contribution in [1.82, 2.24) is 0 Å². The second-order valence-electron chi connectivity index (χ2n) is 5.03. The van der Waals surface area contributed by atoms with E-state index in [0.29, 0.717) is 0 Å². The van der Waals surface area contributed by atoms with E-state index in [4.69, 9.17) is 5.73 Å². The number of nitrogens with two attached hydrogens (primary N) is 1. The van der Waals surface area contributed by atoms with Crippen molar-refractivity contribution in [2.24, 2.45) is 11.7 Å². The minimum absolute atomic E-state index is 0.159. The van der Waals surface area contributed by atoms with Gasteiger partial charge in [-0.05, 0) is 25.0 Å². The van der Waals surface area contributed by atoms with Crippen LogP contribution in [-0.2, 0) is 4.79 Å². The van der Waals surface area contributed by atoms with Crippen molar-refractivity contribution in [1.29, 1.82) is 0 Å². The summed E-state index contributed by atoms with van der Waals surface area (Å²) in [6.07, 6.45) is 4.68. The molecule has 0 radical (unpaired) electrons. The van der Waals surface area contributed by atoms with Crippen molar-refractivity contribution in [3.8, 4) is 0 Å². The normalized spacial score (nSPS) is 23.7. The summed E-state index contributed by atoms with van der Waals surface area (Å²) in [6.45, 7) is 0. The highest BCUT2D eigenvalue weighted by Gasteiger charge is 2.27. The number of anilines is 1. The standard InChI is InChI=1S/C14H18F2N2O/c15-11-7-6-9(8-12(11)16)18-14(19)10-4-2-1-3-5-13(10)17/h6-8,10,13H,1-5,17H2,(H,18,19). The first kappa shape index (κ1) is 13.9. The lowest BCUT2D eigenvalue weighted by Crippen LogP contribution is -2.37. The predicted octanol–water partition coefficient (Wildman–Crippen LogP) is 2.81. The number of amides is 1. The maximum atomic E-state index is 13.1. The molecule has 0 spiro atoms. The lowest BCUT2D eigenvalue weighted by Gasteiger charge is -2.20. The third-order valence-electron chi connectivity index (χ3n) is 3.59. The zero-order chi connectivity index (χ0) is 13.8. The summed E-state index contributed by atoms with van der Waals surface area (Å²) in [6, 6.07) is 3.17. The Hall–Kier alpha value is -1.49. The van der Waals surface area contributed by atoms with E-state index in [1.54, 1.807) is 0 Å². The molecule has 2 rings (SSSR count). The predicted molar refractivity (Wildman–Crippen MR) is 69.5 cm³/mol. The Morgan fingerprint density at radius 3 is 2.63 bits per heavy atom. The quantitative estimate of drug-likeness (QED) is 0.810. The first-order valence-corrected chi connectivity index (χ1v) is 6.59. The van der Waals surface area contributed by atoms with Crippen molar-refractivity contribution in [3.05, 3.63) is 29.8 Å². The van der Waals surface area contributed by atoms with Crippen LogP contribution in [0.3, 0.4) is 0 Å². The zero-order valence-electron chi connectivity index (χ0n) is 10.7. The van der Waals surface area contributed by atoms with Crippen LogP contribution in [0.1, 0.15) is 32.1 Å². The highest BCUT2D eigenvalue weighted by atomic mass is 19.2. The summed E-state index contributed by atoms with van der Waals surface area (Å²) in [7, 11) is 0. The van der Waals surface area contributed by atoms with Gasteiger partial charge < -0.3 is 11.1 Å². The van der Waals surface area contributed by atoms with Crippen LogP contribution in [0.25, 0.3) is 0 Å². The van der Waals surface area contributed by atoms with E-state index in [1.165, 1.54) is 6.07 Å². The summed E-state index contributed by atoms with van der Waals surface area (Å²) < 4.78 is 25.9. The second-order valence-corrected chi connectivity index (χ2v) is 5.03. The topological polar surface area (TPSA) is 55.1 Å². The van der Waals surface area contributed by atoms with E-state index in [2.05, 4.69) is 5.32 Å². The van der Waals surface area contributed by atoms with E-state index in [0.717, 1.165) is 44.2 Å². The summed E-state index contributed by atoms with van der Waals surface area (Å²) >= 11 is 0. The van der Waals surface area contributed by atoms with Crippen LogP contribution in [0.4, 0.5) is 14.5 Å². The minimum Gasteiger partial charge on any atom is -0.327 e. The SMILES string of the molecule is NC1CCCCCC1C(=O)Nc1ccc(F)c(F)c1. The van der Waals surface area contributed by atoms with Crippen LogP contribution < -0.4 is 11.1 Å². The molecule has 1 aliphatic carbocycles. The van der Waals surface area contributed by atoms with Gasteiger partial charge >= 0.3 is 0 Å². The number of nitrogens with one attached hydrogen (secondary N) is 1. The average molecular weight is 268 g/mol. The second kappa shape index (κ2) is 6.10. The molecule has 1 aromatic rings. The summed E-state index contributed by atoms with van der Waals surface area (Å²) in [5.74, 6) is -2.36. The van der Waals surface area contributed by atoms with Gasteiger partial charge in [-0.3, -0.25) is 4.79 Å². The van der Waals surface area contributed by atoms with Crippen molar-refractivity contribution >= 4 is 11.6 Å². The summed E-state index contributed by atoms with van der Waals surface area (Å²) in [5, 5.41) is 2.61. The van der Waals surface area contributed by atoms with Gasteiger partial charge in [0.25, 0.3) is 0 Å². The molecular weight excluding hydrogens is 250 g/mol. The number of carbonyl (C=O) groups is 1. The van der Waals surface area contributed by atoms with Gasteiger partial charge in [-0.2, -0.15) is 0 Å². The van der Waals surface area contributed by atoms with Gasteiger partial charge in [-0.15, -0.1) is 0 Å². The maximum absolute atomic E-state index is 13.1. The van der Waals surface area contributed by atoms with Crippen LogP contribution in [0.5, 0.6) is 0 Å². The van der Waals surface area contributed by atoms with Crippen molar-refractivity contribution < 1.29 is 13.6 Å². The molecule has 2 unspecified atom stereocenters. The summed E-state index contributed by atoms with van der Waals surface area (Å²) in [4.78, 5) is 12.1. The van der Waals surface area contributed by atoms with Gasteiger partial charge in [-0.1, -0.05) is 19.3 Å². The Balaban J connectivity index is 2.04. The molecule has 3 N–H and O–H groups in total. The average Bonchev–Trinajstić information content (AvgIpc) is 2.58. The lowest BCUT2D eigenvalue weighted by molar-refractivity contribution is -0.120. The number of hydrogen-bond donors (Lipinski definition) is 2. The number of hydrogen-bond acceptors (Lipinski definition) is 2.